The highest BCUT2D eigenvalue weighted by molar-refractivity contribution is 6.11. The summed E-state index contributed by atoms with van der Waals surface area (Å²) in [5, 5.41) is 11.0. The van der Waals surface area contributed by atoms with Crippen molar-refractivity contribution in [2.45, 2.75) is 0 Å². The van der Waals surface area contributed by atoms with Crippen molar-refractivity contribution >= 4 is 11.4 Å². The molecule has 1 aromatic heterocycles. The molecular formula is C14H13N3. The Kier molecular flexibility index (Phi) is 3.31. The second kappa shape index (κ2) is 5.07. The van der Waals surface area contributed by atoms with Crippen LogP contribution in [0.15, 0.2) is 72.8 Å². The van der Waals surface area contributed by atoms with Gasteiger partial charge < -0.3 is 10.7 Å². The van der Waals surface area contributed by atoms with Crippen LogP contribution in [0.2, 0.25) is 0 Å². The SMILES string of the molecule is C=CC1=CC=CC(=N)/C1=C\Nc1cccnc1. The van der Waals surface area contributed by atoms with Gasteiger partial charge in [-0.25, -0.2) is 0 Å². The zero-order valence-electron chi connectivity index (χ0n) is 9.35. The van der Waals surface area contributed by atoms with E-state index in [1.54, 1.807) is 30.7 Å². The molecule has 0 radical (unpaired) electrons. The minimum absolute atomic E-state index is 0.471. The van der Waals surface area contributed by atoms with Crippen LogP contribution in [0.25, 0.3) is 0 Å². The molecule has 0 bridgehead atoms. The fraction of sp³-hybridized carbons (Fsp3) is 0. The summed E-state index contributed by atoms with van der Waals surface area (Å²) in [6.45, 7) is 3.74. The van der Waals surface area contributed by atoms with E-state index in [9.17, 15) is 0 Å². The van der Waals surface area contributed by atoms with Crippen LogP contribution in [0, 0.1) is 5.41 Å². The molecule has 0 spiro atoms. The van der Waals surface area contributed by atoms with Crippen LogP contribution in [-0.2, 0) is 0 Å². The summed E-state index contributed by atoms with van der Waals surface area (Å²) in [7, 11) is 0. The first-order valence-corrected chi connectivity index (χ1v) is 5.28. The standard InChI is InChI=1S/C14H13N3/c1-2-11-5-3-7-14(15)13(11)10-17-12-6-4-8-16-9-12/h2-10,15,17H,1H2/b13-10-,15-14?. The molecule has 3 heteroatoms. The Morgan fingerprint density at radius 2 is 2.29 bits per heavy atom. The van der Waals surface area contributed by atoms with Gasteiger partial charge in [0, 0.05) is 18.0 Å². The van der Waals surface area contributed by atoms with Crippen LogP contribution >= 0.6 is 0 Å². The first-order chi connectivity index (χ1) is 8.31. The topological polar surface area (TPSA) is 48.8 Å². The lowest BCUT2D eigenvalue weighted by molar-refractivity contribution is 1.32. The Labute approximate surface area is 100 Å². The van der Waals surface area contributed by atoms with E-state index >= 15 is 0 Å². The minimum atomic E-state index is 0.471. The molecule has 0 fully saturated rings. The maximum Gasteiger partial charge on any atom is 0.0632 e. The number of anilines is 1. The summed E-state index contributed by atoms with van der Waals surface area (Å²) >= 11 is 0. The molecule has 0 atom stereocenters. The van der Waals surface area contributed by atoms with Gasteiger partial charge in [0.05, 0.1) is 17.6 Å². The summed E-state index contributed by atoms with van der Waals surface area (Å²) in [6.07, 6.45) is 12.5. The molecule has 0 saturated carbocycles. The Hall–Kier alpha value is -2.42. The lowest BCUT2D eigenvalue weighted by atomic mass is 9.97. The summed E-state index contributed by atoms with van der Waals surface area (Å²) in [5.41, 5.74) is 3.13. The molecule has 1 heterocycles. The number of pyridine rings is 1. The molecule has 0 unspecified atom stereocenters. The van der Waals surface area contributed by atoms with Crippen LogP contribution in [0.3, 0.4) is 0 Å². The van der Waals surface area contributed by atoms with E-state index in [4.69, 9.17) is 5.41 Å². The fourth-order valence-electron chi connectivity index (χ4n) is 1.53. The third-order valence-electron chi connectivity index (χ3n) is 2.40. The molecule has 1 aliphatic carbocycles. The molecular weight excluding hydrogens is 210 g/mol. The zero-order valence-corrected chi connectivity index (χ0v) is 9.35. The van der Waals surface area contributed by atoms with Crippen molar-refractivity contribution in [2.75, 3.05) is 5.32 Å². The van der Waals surface area contributed by atoms with Crippen molar-refractivity contribution in [1.82, 2.24) is 4.98 Å². The van der Waals surface area contributed by atoms with Gasteiger partial charge in [0.15, 0.2) is 0 Å². The van der Waals surface area contributed by atoms with Crippen LogP contribution in [-0.4, -0.2) is 10.7 Å². The van der Waals surface area contributed by atoms with Crippen LogP contribution in [0.4, 0.5) is 5.69 Å². The van der Waals surface area contributed by atoms with Gasteiger partial charge in [-0.3, -0.25) is 4.98 Å². The number of allylic oxidation sites excluding steroid dienone is 6. The summed E-state index contributed by atoms with van der Waals surface area (Å²) in [5.74, 6) is 0. The molecule has 3 nitrogen and oxygen atoms in total. The van der Waals surface area contributed by atoms with Crippen molar-refractivity contribution < 1.29 is 0 Å². The highest BCUT2D eigenvalue weighted by Crippen LogP contribution is 2.18. The van der Waals surface area contributed by atoms with Gasteiger partial charge >= 0.3 is 0 Å². The number of nitrogens with one attached hydrogen (secondary N) is 2. The molecule has 2 N–H and O–H groups in total. The van der Waals surface area contributed by atoms with Crippen molar-refractivity contribution in [3.05, 3.63) is 72.8 Å². The van der Waals surface area contributed by atoms with E-state index in [-0.39, 0.29) is 0 Å². The molecule has 1 aromatic rings. The number of nitrogens with zero attached hydrogens (tertiary/aromatic N) is 1. The quantitative estimate of drug-likeness (QED) is 0.827. The third-order valence-corrected chi connectivity index (χ3v) is 2.40. The van der Waals surface area contributed by atoms with Gasteiger partial charge in [-0.2, -0.15) is 0 Å². The molecule has 2 rings (SSSR count). The third kappa shape index (κ3) is 2.58. The van der Waals surface area contributed by atoms with Crippen molar-refractivity contribution in [3.63, 3.8) is 0 Å². The normalized spacial score (nSPS) is 16.8. The van der Waals surface area contributed by atoms with Crippen molar-refractivity contribution in [1.29, 1.82) is 5.41 Å². The molecule has 1 aliphatic rings. The summed E-state index contributed by atoms with van der Waals surface area (Å²) in [4.78, 5) is 4.01. The van der Waals surface area contributed by atoms with Crippen LogP contribution in [0.1, 0.15) is 0 Å². The highest BCUT2D eigenvalue weighted by atomic mass is 14.9. The van der Waals surface area contributed by atoms with Crippen molar-refractivity contribution in [2.24, 2.45) is 0 Å². The molecule has 0 saturated heterocycles. The fourth-order valence-corrected chi connectivity index (χ4v) is 1.53. The number of rotatable bonds is 3. The van der Waals surface area contributed by atoms with Gasteiger partial charge in [0.1, 0.15) is 0 Å². The predicted molar refractivity (Wildman–Crippen MR) is 71.1 cm³/mol. The Morgan fingerprint density at radius 1 is 1.41 bits per heavy atom. The van der Waals surface area contributed by atoms with Crippen LogP contribution < -0.4 is 5.32 Å². The zero-order chi connectivity index (χ0) is 12.1. The monoisotopic (exact) mass is 223 g/mol. The first-order valence-electron chi connectivity index (χ1n) is 5.28. The van der Waals surface area contributed by atoms with E-state index in [1.165, 1.54) is 0 Å². The van der Waals surface area contributed by atoms with E-state index in [2.05, 4.69) is 16.9 Å². The largest absolute Gasteiger partial charge is 0.360 e. The van der Waals surface area contributed by atoms with Crippen molar-refractivity contribution in [3.8, 4) is 0 Å². The van der Waals surface area contributed by atoms with Crippen LogP contribution in [0.5, 0.6) is 0 Å². The Balaban J connectivity index is 2.21. The molecule has 84 valence electrons. The lowest BCUT2D eigenvalue weighted by Crippen LogP contribution is -2.05. The van der Waals surface area contributed by atoms with Gasteiger partial charge in [0.25, 0.3) is 0 Å². The maximum absolute atomic E-state index is 7.85. The van der Waals surface area contributed by atoms with Gasteiger partial charge in [-0.1, -0.05) is 24.8 Å². The average molecular weight is 223 g/mol. The summed E-state index contributed by atoms with van der Waals surface area (Å²) in [6, 6.07) is 3.78. The Bertz CT molecular complexity index is 522. The first kappa shape index (κ1) is 11.1. The smallest absolute Gasteiger partial charge is 0.0632 e. The number of hydrogen-bond acceptors (Lipinski definition) is 3. The second-order valence-electron chi connectivity index (χ2n) is 3.54. The average Bonchev–Trinajstić information content (AvgIpc) is 2.38. The maximum atomic E-state index is 7.85. The second-order valence-corrected chi connectivity index (χ2v) is 3.54. The molecule has 0 amide bonds. The molecule has 17 heavy (non-hydrogen) atoms. The van der Waals surface area contributed by atoms with Gasteiger partial charge in [-0.15, -0.1) is 0 Å². The van der Waals surface area contributed by atoms with E-state index in [1.807, 2.05) is 24.3 Å². The van der Waals surface area contributed by atoms with Gasteiger partial charge in [-0.05, 0) is 23.8 Å². The highest BCUT2D eigenvalue weighted by Gasteiger charge is 2.08. The number of aromatic nitrogens is 1. The molecule has 0 aromatic carbocycles. The summed E-state index contributed by atoms with van der Waals surface area (Å²) < 4.78 is 0. The van der Waals surface area contributed by atoms with E-state index in [0.29, 0.717) is 5.71 Å². The van der Waals surface area contributed by atoms with E-state index in [0.717, 1.165) is 16.8 Å². The number of hydrogen-bond donors (Lipinski definition) is 2. The Morgan fingerprint density at radius 3 is 3.00 bits per heavy atom. The molecule has 0 aliphatic heterocycles. The lowest BCUT2D eigenvalue weighted by Gasteiger charge is -2.11. The predicted octanol–water partition coefficient (Wildman–Crippen LogP) is 3.08. The van der Waals surface area contributed by atoms with Gasteiger partial charge in [0.2, 0.25) is 0 Å². The van der Waals surface area contributed by atoms with E-state index < -0.39 is 0 Å². The minimum Gasteiger partial charge on any atom is -0.360 e.